The van der Waals surface area contributed by atoms with Crippen molar-refractivity contribution in [3.63, 3.8) is 0 Å². The summed E-state index contributed by atoms with van der Waals surface area (Å²) < 4.78 is 44.6. The first-order chi connectivity index (χ1) is 11.3. The summed E-state index contributed by atoms with van der Waals surface area (Å²) in [6, 6.07) is 2.19. The van der Waals surface area contributed by atoms with E-state index in [2.05, 4.69) is 15.5 Å². The maximum atomic E-state index is 12.8. The van der Waals surface area contributed by atoms with Crippen molar-refractivity contribution in [3.8, 4) is 0 Å². The van der Waals surface area contributed by atoms with Crippen molar-refractivity contribution in [3.05, 3.63) is 23.9 Å². The average molecular weight is 362 g/mol. The Kier molecular flexibility index (Phi) is 6.05. The van der Waals surface area contributed by atoms with Gasteiger partial charge in [-0.1, -0.05) is 11.8 Å². The number of carbonyl (C=O) groups is 1. The Morgan fingerprint density at radius 1 is 1.42 bits per heavy atom. The van der Waals surface area contributed by atoms with Crippen LogP contribution in [-0.4, -0.2) is 46.0 Å². The third-order valence-electron chi connectivity index (χ3n) is 3.17. The van der Waals surface area contributed by atoms with Crippen molar-refractivity contribution in [2.24, 2.45) is 0 Å². The zero-order valence-electron chi connectivity index (χ0n) is 13.1. The summed E-state index contributed by atoms with van der Waals surface area (Å²) in [5.41, 5.74) is -0.508. The lowest BCUT2D eigenvalue weighted by atomic mass is 10.3. The molecule has 0 aliphatic carbocycles. The molecule has 6 nitrogen and oxygen atoms in total. The number of carbonyl (C=O) groups excluding carboxylic acids is 1. The van der Waals surface area contributed by atoms with E-state index in [9.17, 15) is 18.0 Å². The minimum Gasteiger partial charge on any atom is -0.385 e. The number of rotatable bonds is 7. The second kappa shape index (κ2) is 7.84. The van der Waals surface area contributed by atoms with Crippen molar-refractivity contribution in [1.82, 2.24) is 19.9 Å². The normalized spacial score (nSPS) is 13.2. The molecule has 1 unspecified atom stereocenters. The van der Waals surface area contributed by atoms with Gasteiger partial charge in [-0.3, -0.25) is 9.20 Å². The molecule has 24 heavy (non-hydrogen) atoms. The highest BCUT2D eigenvalue weighted by molar-refractivity contribution is 8.00. The van der Waals surface area contributed by atoms with Gasteiger partial charge in [-0.2, -0.15) is 13.2 Å². The fourth-order valence-electron chi connectivity index (χ4n) is 1.90. The molecule has 2 heterocycles. The summed E-state index contributed by atoms with van der Waals surface area (Å²) in [5, 5.41) is 10.1. The number of thioether (sulfide) groups is 1. The molecule has 1 N–H and O–H groups in total. The third kappa shape index (κ3) is 4.60. The molecule has 0 aromatic carbocycles. The van der Waals surface area contributed by atoms with Gasteiger partial charge in [0.15, 0.2) is 10.8 Å². The van der Waals surface area contributed by atoms with Crippen LogP contribution >= 0.6 is 11.8 Å². The van der Waals surface area contributed by atoms with Crippen LogP contribution in [0.25, 0.3) is 5.65 Å². The molecule has 1 atom stereocenters. The van der Waals surface area contributed by atoms with Crippen LogP contribution in [-0.2, 0) is 15.7 Å². The van der Waals surface area contributed by atoms with Crippen molar-refractivity contribution in [1.29, 1.82) is 0 Å². The van der Waals surface area contributed by atoms with Gasteiger partial charge in [-0.25, -0.2) is 0 Å². The number of pyridine rings is 1. The lowest BCUT2D eigenvalue weighted by molar-refractivity contribution is -0.137. The molecule has 0 radical (unpaired) electrons. The standard InChI is InChI=1S/C14H17F3N4O2S/c1-9(12(22)18-6-3-7-23-2)24-13-20-19-11-5-4-10(8-21(11)13)14(15,16)17/h4-5,8-9H,3,6-7H2,1-2H3,(H,18,22). The SMILES string of the molecule is COCCCNC(=O)C(C)Sc1nnc2ccc(C(F)(F)F)cn12. The maximum absolute atomic E-state index is 12.8. The topological polar surface area (TPSA) is 68.5 Å². The Balaban J connectivity index is 2.07. The van der Waals surface area contributed by atoms with Crippen LogP contribution < -0.4 is 5.32 Å². The Bertz CT molecular complexity index is 705. The molecule has 0 aliphatic heterocycles. The quantitative estimate of drug-likeness (QED) is 0.605. The van der Waals surface area contributed by atoms with Crippen LogP contribution in [0.5, 0.6) is 0 Å². The van der Waals surface area contributed by atoms with Crippen LogP contribution in [0.3, 0.4) is 0 Å². The van der Waals surface area contributed by atoms with Gasteiger partial charge >= 0.3 is 6.18 Å². The first kappa shape index (κ1) is 18.5. The monoisotopic (exact) mass is 362 g/mol. The molecule has 10 heteroatoms. The number of fused-ring (bicyclic) bond motifs is 1. The number of aromatic nitrogens is 3. The molecule has 0 fully saturated rings. The number of nitrogens with one attached hydrogen (secondary N) is 1. The lowest BCUT2D eigenvalue weighted by Crippen LogP contribution is -2.32. The summed E-state index contributed by atoms with van der Waals surface area (Å²) in [6.45, 7) is 2.66. The summed E-state index contributed by atoms with van der Waals surface area (Å²) in [4.78, 5) is 12.0. The fraction of sp³-hybridized carbons (Fsp3) is 0.500. The number of alkyl halides is 3. The number of nitrogens with zero attached hydrogens (tertiary/aromatic N) is 3. The van der Waals surface area contributed by atoms with Gasteiger partial charge in [0.2, 0.25) is 5.91 Å². The van der Waals surface area contributed by atoms with Crippen LogP contribution in [0.4, 0.5) is 13.2 Å². The molecule has 0 bridgehead atoms. The van der Waals surface area contributed by atoms with E-state index < -0.39 is 17.0 Å². The second-order valence-corrected chi connectivity index (χ2v) is 6.33. The molecule has 0 aliphatic rings. The van der Waals surface area contributed by atoms with Gasteiger partial charge in [-0.05, 0) is 25.5 Å². The predicted octanol–water partition coefficient (Wildman–Crippen LogP) is 2.38. The van der Waals surface area contributed by atoms with Crippen LogP contribution in [0.2, 0.25) is 0 Å². The number of halogens is 3. The van der Waals surface area contributed by atoms with Gasteiger partial charge in [0.05, 0.1) is 10.8 Å². The highest BCUT2D eigenvalue weighted by Crippen LogP contribution is 2.30. The van der Waals surface area contributed by atoms with Crippen LogP contribution in [0, 0.1) is 0 Å². The molecular weight excluding hydrogens is 345 g/mol. The predicted molar refractivity (Wildman–Crippen MR) is 82.8 cm³/mol. The van der Waals surface area contributed by atoms with Crippen molar-refractivity contribution >= 4 is 23.3 Å². The van der Waals surface area contributed by atoms with Gasteiger partial charge in [0.25, 0.3) is 0 Å². The molecule has 1 amide bonds. The Hall–Kier alpha value is -1.81. The molecular formula is C14H17F3N4O2S. The highest BCUT2D eigenvalue weighted by Gasteiger charge is 2.31. The Morgan fingerprint density at radius 2 is 2.17 bits per heavy atom. The lowest BCUT2D eigenvalue weighted by Gasteiger charge is -2.11. The minimum atomic E-state index is -4.45. The molecule has 0 spiro atoms. The van der Waals surface area contributed by atoms with Crippen molar-refractivity contribution < 1.29 is 22.7 Å². The second-order valence-electron chi connectivity index (χ2n) is 5.02. The largest absolute Gasteiger partial charge is 0.417 e. The fourth-order valence-corrected chi connectivity index (χ4v) is 2.76. The van der Waals surface area contributed by atoms with E-state index in [1.54, 1.807) is 14.0 Å². The number of amides is 1. The van der Waals surface area contributed by atoms with E-state index in [0.717, 1.165) is 24.0 Å². The molecule has 2 aromatic heterocycles. The number of methoxy groups -OCH3 is 1. The van der Waals surface area contributed by atoms with E-state index in [-0.39, 0.29) is 11.1 Å². The van der Waals surface area contributed by atoms with Crippen LogP contribution in [0.15, 0.2) is 23.5 Å². The molecule has 2 rings (SSSR count). The Labute approximate surface area is 140 Å². The van der Waals surface area contributed by atoms with Crippen molar-refractivity contribution in [2.45, 2.75) is 29.9 Å². The van der Waals surface area contributed by atoms with Crippen molar-refractivity contribution in [2.75, 3.05) is 20.3 Å². The number of ether oxygens (including phenoxy) is 1. The summed E-state index contributed by atoms with van der Waals surface area (Å²) in [7, 11) is 1.58. The average Bonchev–Trinajstić information content (AvgIpc) is 2.93. The van der Waals surface area contributed by atoms with E-state index >= 15 is 0 Å². The number of hydrogen-bond acceptors (Lipinski definition) is 5. The first-order valence-electron chi connectivity index (χ1n) is 7.18. The van der Waals surface area contributed by atoms with Gasteiger partial charge < -0.3 is 10.1 Å². The zero-order chi connectivity index (χ0) is 17.7. The highest BCUT2D eigenvalue weighted by atomic mass is 32.2. The summed E-state index contributed by atoms with van der Waals surface area (Å²) >= 11 is 1.05. The first-order valence-corrected chi connectivity index (χ1v) is 8.06. The van der Waals surface area contributed by atoms with E-state index in [1.165, 1.54) is 10.5 Å². The van der Waals surface area contributed by atoms with Gasteiger partial charge in [0.1, 0.15) is 0 Å². The minimum absolute atomic E-state index is 0.222. The summed E-state index contributed by atoms with van der Waals surface area (Å²) in [5.74, 6) is -0.222. The van der Waals surface area contributed by atoms with E-state index in [0.29, 0.717) is 25.2 Å². The van der Waals surface area contributed by atoms with Crippen LogP contribution in [0.1, 0.15) is 18.9 Å². The zero-order valence-corrected chi connectivity index (χ0v) is 13.9. The molecule has 0 saturated carbocycles. The maximum Gasteiger partial charge on any atom is 0.417 e. The van der Waals surface area contributed by atoms with Gasteiger partial charge in [0, 0.05) is 26.5 Å². The Morgan fingerprint density at radius 3 is 2.83 bits per heavy atom. The van der Waals surface area contributed by atoms with E-state index in [1.807, 2.05) is 0 Å². The van der Waals surface area contributed by atoms with E-state index in [4.69, 9.17) is 4.74 Å². The molecule has 2 aromatic rings. The third-order valence-corrected chi connectivity index (χ3v) is 4.23. The van der Waals surface area contributed by atoms with Gasteiger partial charge in [-0.15, -0.1) is 10.2 Å². The smallest absolute Gasteiger partial charge is 0.385 e. The summed E-state index contributed by atoms with van der Waals surface area (Å²) in [6.07, 6.45) is -2.84. The number of hydrogen-bond donors (Lipinski definition) is 1. The molecule has 0 saturated heterocycles. The molecule has 132 valence electrons.